The molecule has 0 amide bonds. The molecule has 0 radical (unpaired) electrons. The van der Waals surface area contributed by atoms with Crippen molar-refractivity contribution in [2.75, 3.05) is 13.2 Å². The molecule has 2 aromatic rings. The van der Waals surface area contributed by atoms with E-state index >= 15 is 0 Å². The first kappa shape index (κ1) is 17.7. The Bertz CT molecular complexity index is 520. The van der Waals surface area contributed by atoms with E-state index in [2.05, 4.69) is 10.3 Å². The van der Waals surface area contributed by atoms with Gasteiger partial charge in [-0.25, -0.2) is 9.37 Å². The average Bonchev–Trinajstić information content (AvgIpc) is 2.46. The molecule has 6 heteroatoms. The summed E-state index contributed by atoms with van der Waals surface area (Å²) in [5.41, 5.74) is 0.500. The van der Waals surface area contributed by atoms with Crippen molar-refractivity contribution in [2.45, 2.75) is 13.0 Å². The van der Waals surface area contributed by atoms with E-state index in [1.54, 1.807) is 18.3 Å². The van der Waals surface area contributed by atoms with Gasteiger partial charge in [0.1, 0.15) is 5.82 Å². The molecule has 0 bridgehead atoms. The molecule has 0 saturated heterocycles. The van der Waals surface area contributed by atoms with Crippen LogP contribution >= 0.6 is 24.0 Å². The summed E-state index contributed by atoms with van der Waals surface area (Å²) in [4.78, 5) is 4.06. The highest BCUT2D eigenvalue weighted by atomic mass is 35.5. The van der Waals surface area contributed by atoms with Crippen molar-refractivity contribution >= 4 is 24.0 Å². The van der Waals surface area contributed by atoms with E-state index in [1.807, 2.05) is 18.2 Å². The summed E-state index contributed by atoms with van der Waals surface area (Å²) in [5, 5.41) is 3.59. The fraction of sp³-hybridized carbons (Fsp3) is 0.267. The monoisotopic (exact) mass is 330 g/mol. The predicted octanol–water partition coefficient (Wildman–Crippen LogP) is 3.85. The van der Waals surface area contributed by atoms with Gasteiger partial charge < -0.3 is 10.1 Å². The number of hydrogen-bond donors (Lipinski definition) is 1. The molecule has 2 rings (SSSR count). The smallest absolute Gasteiger partial charge is 0.213 e. The van der Waals surface area contributed by atoms with Crippen molar-refractivity contribution < 1.29 is 9.13 Å². The number of hydrogen-bond acceptors (Lipinski definition) is 3. The lowest BCUT2D eigenvalue weighted by Crippen LogP contribution is -2.18. The third kappa shape index (κ3) is 5.87. The lowest BCUT2D eigenvalue weighted by Gasteiger charge is -2.08. The molecule has 3 nitrogen and oxygen atoms in total. The van der Waals surface area contributed by atoms with Gasteiger partial charge in [-0.15, -0.1) is 12.4 Å². The molecule has 0 aliphatic heterocycles. The summed E-state index contributed by atoms with van der Waals surface area (Å²) in [5.74, 6) is 0.333. The zero-order valence-electron chi connectivity index (χ0n) is 11.4. The van der Waals surface area contributed by atoms with Crippen molar-refractivity contribution in [1.82, 2.24) is 10.3 Å². The van der Waals surface area contributed by atoms with Crippen LogP contribution in [0.5, 0.6) is 5.88 Å². The van der Waals surface area contributed by atoms with Gasteiger partial charge in [-0.2, -0.15) is 0 Å². The molecule has 0 fully saturated rings. The van der Waals surface area contributed by atoms with Gasteiger partial charge in [0.15, 0.2) is 0 Å². The molecule has 114 valence electrons. The normalized spacial score (nSPS) is 10.0. The van der Waals surface area contributed by atoms with Crippen molar-refractivity contribution in [3.8, 4) is 5.88 Å². The number of aromatic nitrogens is 1. The summed E-state index contributed by atoms with van der Waals surface area (Å²) >= 11 is 5.94. The molecule has 0 aliphatic carbocycles. The van der Waals surface area contributed by atoms with Gasteiger partial charge in [-0.1, -0.05) is 23.7 Å². The van der Waals surface area contributed by atoms with E-state index in [1.165, 1.54) is 6.07 Å². The van der Waals surface area contributed by atoms with E-state index in [9.17, 15) is 4.39 Å². The zero-order chi connectivity index (χ0) is 14.2. The molecule has 1 heterocycles. The van der Waals surface area contributed by atoms with Crippen LogP contribution in [0, 0.1) is 5.82 Å². The molecule has 0 spiro atoms. The Balaban J connectivity index is 0.00000220. The number of pyridine rings is 1. The van der Waals surface area contributed by atoms with Crippen LogP contribution in [0.2, 0.25) is 5.02 Å². The molecule has 0 atom stereocenters. The highest BCUT2D eigenvalue weighted by Crippen LogP contribution is 2.18. The minimum atomic E-state index is -0.283. The van der Waals surface area contributed by atoms with Crippen LogP contribution in [0.4, 0.5) is 4.39 Å². The minimum absolute atomic E-state index is 0. The van der Waals surface area contributed by atoms with Crippen LogP contribution in [0.15, 0.2) is 42.6 Å². The van der Waals surface area contributed by atoms with Crippen LogP contribution in [-0.4, -0.2) is 18.1 Å². The highest BCUT2D eigenvalue weighted by Gasteiger charge is 2.05. The van der Waals surface area contributed by atoms with Gasteiger partial charge >= 0.3 is 0 Å². The maximum Gasteiger partial charge on any atom is 0.213 e. The first-order valence-electron chi connectivity index (χ1n) is 6.45. The van der Waals surface area contributed by atoms with Crippen molar-refractivity contribution in [1.29, 1.82) is 0 Å². The van der Waals surface area contributed by atoms with Gasteiger partial charge in [0, 0.05) is 29.4 Å². The second-order valence-corrected chi connectivity index (χ2v) is 4.65. The predicted molar refractivity (Wildman–Crippen MR) is 84.7 cm³/mol. The van der Waals surface area contributed by atoms with E-state index in [0.717, 1.165) is 13.0 Å². The maximum atomic E-state index is 13.5. The summed E-state index contributed by atoms with van der Waals surface area (Å²) in [6.07, 6.45) is 2.50. The standard InChI is InChI=1S/C15H16ClFN2O.ClH/c16-13-5-3-6-14(17)12(13)11-18-8-4-10-20-15-7-1-2-9-19-15;/h1-3,5-7,9,18H,4,8,10-11H2;1H. The Morgan fingerprint density at radius 1 is 1.19 bits per heavy atom. The number of benzene rings is 1. The van der Waals surface area contributed by atoms with Crippen molar-refractivity contribution in [3.05, 3.63) is 59.0 Å². The third-order valence-electron chi connectivity index (χ3n) is 2.75. The largest absolute Gasteiger partial charge is 0.478 e. The van der Waals surface area contributed by atoms with Crippen LogP contribution < -0.4 is 10.1 Å². The van der Waals surface area contributed by atoms with Gasteiger partial charge in [0.05, 0.1) is 6.61 Å². The van der Waals surface area contributed by atoms with Gasteiger partial charge in [-0.05, 0) is 31.2 Å². The quantitative estimate of drug-likeness (QED) is 0.783. The number of rotatable bonds is 7. The summed E-state index contributed by atoms with van der Waals surface area (Å²) in [7, 11) is 0. The number of nitrogens with zero attached hydrogens (tertiary/aromatic N) is 1. The Labute approximate surface area is 134 Å². The highest BCUT2D eigenvalue weighted by molar-refractivity contribution is 6.31. The molecule has 0 unspecified atom stereocenters. The lowest BCUT2D eigenvalue weighted by atomic mass is 10.2. The summed E-state index contributed by atoms with van der Waals surface area (Å²) < 4.78 is 18.9. The minimum Gasteiger partial charge on any atom is -0.478 e. The first-order chi connectivity index (χ1) is 9.77. The van der Waals surface area contributed by atoms with E-state index in [0.29, 0.717) is 29.6 Å². The van der Waals surface area contributed by atoms with Gasteiger partial charge in [-0.3, -0.25) is 0 Å². The molecule has 0 saturated carbocycles. The molecule has 0 aliphatic rings. The molecule has 1 aromatic heterocycles. The van der Waals surface area contributed by atoms with Gasteiger partial charge in [0.2, 0.25) is 5.88 Å². The Kier molecular flexibility index (Phi) is 8.05. The number of nitrogens with one attached hydrogen (secondary N) is 1. The Morgan fingerprint density at radius 3 is 2.76 bits per heavy atom. The van der Waals surface area contributed by atoms with Gasteiger partial charge in [0.25, 0.3) is 0 Å². The van der Waals surface area contributed by atoms with Crippen LogP contribution in [-0.2, 0) is 6.54 Å². The molecule has 1 N–H and O–H groups in total. The Hall–Kier alpha value is -1.36. The van der Waals surface area contributed by atoms with Crippen LogP contribution in [0.1, 0.15) is 12.0 Å². The van der Waals surface area contributed by atoms with Crippen LogP contribution in [0.3, 0.4) is 0 Å². The molecule has 1 aromatic carbocycles. The Morgan fingerprint density at radius 2 is 2.05 bits per heavy atom. The molecule has 21 heavy (non-hydrogen) atoms. The number of ether oxygens (including phenoxy) is 1. The van der Waals surface area contributed by atoms with Crippen molar-refractivity contribution in [2.24, 2.45) is 0 Å². The second-order valence-electron chi connectivity index (χ2n) is 4.25. The van der Waals surface area contributed by atoms with Crippen LogP contribution in [0.25, 0.3) is 0 Å². The number of halogens is 3. The molecular formula is C15H17Cl2FN2O. The first-order valence-corrected chi connectivity index (χ1v) is 6.82. The van der Waals surface area contributed by atoms with E-state index in [4.69, 9.17) is 16.3 Å². The maximum absolute atomic E-state index is 13.5. The topological polar surface area (TPSA) is 34.1 Å². The average molecular weight is 331 g/mol. The summed E-state index contributed by atoms with van der Waals surface area (Å²) in [6, 6.07) is 10.2. The molecular weight excluding hydrogens is 314 g/mol. The fourth-order valence-electron chi connectivity index (χ4n) is 1.72. The third-order valence-corrected chi connectivity index (χ3v) is 3.10. The summed E-state index contributed by atoms with van der Waals surface area (Å²) in [6.45, 7) is 1.70. The van der Waals surface area contributed by atoms with Crippen molar-refractivity contribution in [3.63, 3.8) is 0 Å². The zero-order valence-corrected chi connectivity index (χ0v) is 13.0. The lowest BCUT2D eigenvalue weighted by molar-refractivity contribution is 0.296. The SMILES string of the molecule is Cl.Fc1cccc(Cl)c1CNCCCOc1ccccn1. The second kappa shape index (κ2) is 9.55. The fourth-order valence-corrected chi connectivity index (χ4v) is 1.95. The van der Waals surface area contributed by atoms with E-state index in [-0.39, 0.29) is 18.2 Å². The van der Waals surface area contributed by atoms with E-state index < -0.39 is 0 Å².